The number of hydrogen-bond donors (Lipinski definition) is 9. The lowest BCUT2D eigenvalue weighted by atomic mass is 9.82. The molecule has 1 heterocycles. The van der Waals surface area contributed by atoms with E-state index < -0.39 is 100 Å². The third kappa shape index (κ3) is 25.2. The number of halogens is 2. The summed E-state index contributed by atoms with van der Waals surface area (Å²) in [7, 11) is 0. The highest BCUT2D eigenvalue weighted by Gasteiger charge is 2.42. The molecule has 27 heteroatoms. The molecule has 0 bridgehead atoms. The van der Waals surface area contributed by atoms with Crippen molar-refractivity contribution in [3.63, 3.8) is 0 Å². The Labute approximate surface area is 471 Å². The topological polar surface area (TPSA) is 351 Å². The SMILES string of the molecule is CC(C)(C)[C@H](c1cc(-c2cc(F)ccc2F)cn1Cc1ccccc1)N(C(=O)CSC[C@H](NC(=O)CCOCCOCCOCCOCCNC(=O)CCNC(=O)C(CC(=O)O)SC[C@H](N)C(=O)O)C(=O)O)C(=O)C(O)CCCN. The Morgan fingerprint density at radius 2 is 1.41 bits per heavy atom. The second-order valence-electron chi connectivity index (χ2n) is 19.1. The van der Waals surface area contributed by atoms with Gasteiger partial charge in [0.25, 0.3) is 5.91 Å². The molecular formula is C53H75F2N7O16S2. The fourth-order valence-electron chi connectivity index (χ4n) is 7.64. The smallest absolute Gasteiger partial charge is 0.327 e. The summed E-state index contributed by atoms with van der Waals surface area (Å²) in [5, 5.41) is 45.6. The fraction of sp³-hybridized carbons (Fsp3) is 0.547. The first-order valence-corrected chi connectivity index (χ1v) is 27.9. The number of benzene rings is 2. The number of nitrogens with one attached hydrogen (secondary N) is 3. The molecule has 11 N–H and O–H groups in total. The van der Waals surface area contributed by atoms with Gasteiger partial charge in [0.15, 0.2) is 0 Å². The maximum atomic E-state index is 15.3. The quantitative estimate of drug-likeness (QED) is 0.0369. The highest BCUT2D eigenvalue weighted by Crippen LogP contribution is 2.42. The zero-order valence-electron chi connectivity index (χ0n) is 45.1. The zero-order chi connectivity index (χ0) is 59.2. The number of carboxylic acids is 3. The summed E-state index contributed by atoms with van der Waals surface area (Å²) in [6.45, 7) is 7.16. The van der Waals surface area contributed by atoms with E-state index in [9.17, 15) is 53.0 Å². The minimum Gasteiger partial charge on any atom is -0.481 e. The van der Waals surface area contributed by atoms with E-state index in [2.05, 4.69) is 16.0 Å². The highest BCUT2D eigenvalue weighted by molar-refractivity contribution is 8.00. The normalized spacial score (nSPS) is 13.3. The van der Waals surface area contributed by atoms with Gasteiger partial charge in [-0.1, -0.05) is 51.1 Å². The van der Waals surface area contributed by atoms with Crippen LogP contribution in [0.25, 0.3) is 11.1 Å². The van der Waals surface area contributed by atoms with E-state index in [-0.39, 0.29) is 133 Å². The summed E-state index contributed by atoms with van der Waals surface area (Å²) in [4.78, 5) is 101. The monoisotopic (exact) mass is 1170 g/mol. The molecule has 1 aromatic heterocycles. The Balaban J connectivity index is 1.42. The average molecular weight is 1170 g/mol. The maximum Gasteiger partial charge on any atom is 0.327 e. The maximum absolute atomic E-state index is 15.3. The van der Waals surface area contributed by atoms with Crippen LogP contribution in [0.2, 0.25) is 0 Å². The first kappa shape index (κ1) is 68.2. The van der Waals surface area contributed by atoms with Gasteiger partial charge in [0.1, 0.15) is 29.8 Å². The molecule has 80 heavy (non-hydrogen) atoms. The molecule has 0 aliphatic heterocycles. The largest absolute Gasteiger partial charge is 0.481 e. The number of ether oxygens (including phenoxy) is 4. The molecule has 2 unspecified atom stereocenters. The Morgan fingerprint density at radius 3 is 2.01 bits per heavy atom. The van der Waals surface area contributed by atoms with E-state index in [1.807, 2.05) is 30.3 Å². The van der Waals surface area contributed by atoms with Gasteiger partial charge in [-0.25, -0.2) is 13.6 Å². The standard InChI is InChI=1S/C53H75F2N7O16S2/c1-53(2,3)48(41-26-35(37-27-36(54)11-12-38(37)55)30-61(41)29-34-8-5-4-6-9-34)62(50(70)42(63)10-7-15-56)46(66)33-79-32-40(52(73)74)60-45(65)14-18-75-20-22-77-24-25-78-23-21-76-19-17-58-44(64)13-16-59-49(69)43(28-47(67)68)80-31-39(57)51(71)72/h4-6,8-9,11-12,26-27,30,39-40,42-43,48,63H,7,10,13-25,28-29,31-33,56-57H2,1-3H3,(H,58,64)(H,59,69)(H,60,65)(H,67,68)(H,71,72)(H,73,74)/t39-,40-,42?,43?,48-/m0/s1. The molecule has 0 fully saturated rings. The van der Waals surface area contributed by atoms with Crippen molar-refractivity contribution in [2.75, 3.05) is 89.7 Å². The van der Waals surface area contributed by atoms with Crippen LogP contribution in [-0.2, 0) is 63.8 Å². The summed E-state index contributed by atoms with van der Waals surface area (Å²) in [6.07, 6.45) is -0.649. The summed E-state index contributed by atoms with van der Waals surface area (Å²) in [6, 6.07) is 10.1. The molecule has 0 spiro atoms. The van der Waals surface area contributed by atoms with Crippen molar-refractivity contribution in [3.8, 4) is 11.1 Å². The number of aliphatic hydroxyl groups is 1. The van der Waals surface area contributed by atoms with Crippen LogP contribution in [0.5, 0.6) is 0 Å². The van der Waals surface area contributed by atoms with Crippen molar-refractivity contribution in [1.29, 1.82) is 0 Å². The minimum absolute atomic E-state index is 0.0473. The molecule has 0 saturated carbocycles. The van der Waals surface area contributed by atoms with E-state index in [4.69, 9.17) is 40.6 Å². The molecule has 23 nitrogen and oxygen atoms in total. The predicted molar refractivity (Wildman–Crippen MR) is 293 cm³/mol. The highest BCUT2D eigenvalue weighted by atomic mass is 32.2. The summed E-state index contributed by atoms with van der Waals surface area (Å²) in [5.41, 5.74) is 11.6. The van der Waals surface area contributed by atoms with Gasteiger partial charge in [-0.05, 0) is 54.6 Å². The van der Waals surface area contributed by atoms with Crippen LogP contribution in [0.1, 0.15) is 70.2 Å². The fourth-order valence-corrected chi connectivity index (χ4v) is 9.61. The number of imide groups is 1. The van der Waals surface area contributed by atoms with Crippen molar-refractivity contribution in [2.24, 2.45) is 16.9 Å². The Morgan fingerprint density at radius 1 is 0.775 bits per heavy atom. The number of aliphatic carboxylic acids is 3. The number of rotatable bonds is 40. The number of thioether (sulfide) groups is 2. The molecule has 0 saturated heterocycles. The number of carbonyl (C=O) groups excluding carboxylic acids is 5. The van der Waals surface area contributed by atoms with Crippen molar-refractivity contribution < 1.29 is 86.5 Å². The molecule has 0 aliphatic carbocycles. The third-order valence-electron chi connectivity index (χ3n) is 11.6. The van der Waals surface area contributed by atoms with Crippen molar-refractivity contribution in [1.82, 2.24) is 25.4 Å². The number of nitrogens with zero attached hydrogens (tertiary/aromatic N) is 2. The molecule has 0 radical (unpaired) electrons. The Bertz CT molecular complexity index is 2470. The third-order valence-corrected chi connectivity index (χ3v) is 14.0. The Kier molecular flexibility index (Phi) is 31.0. The van der Waals surface area contributed by atoms with E-state index in [0.29, 0.717) is 5.69 Å². The second-order valence-corrected chi connectivity index (χ2v) is 21.4. The number of carboxylic acid groups (broad SMARTS) is 3. The first-order valence-electron chi connectivity index (χ1n) is 25.7. The molecule has 2 aromatic carbocycles. The molecule has 0 aliphatic rings. The van der Waals surface area contributed by atoms with Gasteiger partial charge >= 0.3 is 17.9 Å². The van der Waals surface area contributed by atoms with Crippen LogP contribution in [0, 0.1) is 17.0 Å². The van der Waals surface area contributed by atoms with Crippen LogP contribution in [0.4, 0.5) is 8.78 Å². The molecule has 3 rings (SSSR count). The lowest BCUT2D eigenvalue weighted by molar-refractivity contribution is -0.156. The predicted octanol–water partition coefficient (Wildman–Crippen LogP) is 2.39. The van der Waals surface area contributed by atoms with Crippen LogP contribution in [0.15, 0.2) is 60.8 Å². The van der Waals surface area contributed by atoms with Gasteiger partial charge in [0.2, 0.25) is 23.6 Å². The number of amides is 5. The molecule has 444 valence electrons. The Hall–Kier alpha value is -6.04. The second kappa shape index (κ2) is 36.3. The lowest BCUT2D eigenvalue weighted by Crippen LogP contribution is -2.50. The van der Waals surface area contributed by atoms with Crippen LogP contribution in [0.3, 0.4) is 0 Å². The van der Waals surface area contributed by atoms with Gasteiger partial charge in [-0.3, -0.25) is 38.5 Å². The van der Waals surface area contributed by atoms with Gasteiger partial charge < -0.3 is 71.4 Å². The lowest BCUT2D eigenvalue weighted by Gasteiger charge is -2.40. The van der Waals surface area contributed by atoms with Crippen LogP contribution in [-0.4, -0.2) is 191 Å². The summed E-state index contributed by atoms with van der Waals surface area (Å²) < 4.78 is 53.3. The molecular weight excluding hydrogens is 1090 g/mol. The average Bonchev–Trinajstić information content (AvgIpc) is 4.02. The van der Waals surface area contributed by atoms with Gasteiger partial charge in [0.05, 0.1) is 76.3 Å². The molecule has 5 atom stereocenters. The number of nitrogens with two attached hydrogens (primary N) is 2. The van der Waals surface area contributed by atoms with E-state index >= 15 is 4.39 Å². The van der Waals surface area contributed by atoms with Crippen molar-refractivity contribution in [2.45, 2.75) is 88.9 Å². The van der Waals surface area contributed by atoms with Gasteiger partial charge in [-0.2, -0.15) is 0 Å². The number of hydrogen-bond acceptors (Lipinski definition) is 17. The van der Waals surface area contributed by atoms with Gasteiger partial charge in [-0.15, -0.1) is 23.5 Å². The number of aliphatic hydroxyl groups excluding tert-OH is 1. The van der Waals surface area contributed by atoms with E-state index in [1.165, 1.54) is 0 Å². The molecule has 5 amide bonds. The molecule has 3 aromatic rings. The zero-order valence-corrected chi connectivity index (χ0v) is 46.7. The van der Waals surface area contributed by atoms with Crippen LogP contribution < -0.4 is 27.4 Å². The minimum atomic E-state index is -1.64. The summed E-state index contributed by atoms with van der Waals surface area (Å²) in [5.74, 6) is -9.53. The number of aromatic nitrogens is 1. The number of carbonyl (C=O) groups is 8. The first-order chi connectivity index (χ1) is 38.0. The van der Waals surface area contributed by atoms with Crippen LogP contribution >= 0.6 is 23.5 Å². The van der Waals surface area contributed by atoms with E-state index in [0.717, 1.165) is 52.2 Å². The summed E-state index contributed by atoms with van der Waals surface area (Å²) >= 11 is 1.66. The van der Waals surface area contributed by atoms with Crippen molar-refractivity contribution >= 4 is 71.0 Å². The van der Waals surface area contributed by atoms with Crippen molar-refractivity contribution in [3.05, 3.63) is 83.7 Å². The van der Waals surface area contributed by atoms with Gasteiger partial charge in [0, 0.05) is 67.0 Å². The van der Waals surface area contributed by atoms with E-state index in [1.54, 1.807) is 37.6 Å².